The molecule has 0 saturated carbocycles. The Morgan fingerprint density at radius 3 is 2.75 bits per heavy atom. The van der Waals surface area contributed by atoms with E-state index in [2.05, 4.69) is 17.1 Å². The number of rotatable bonds is 2. The van der Waals surface area contributed by atoms with E-state index in [9.17, 15) is 5.11 Å². The summed E-state index contributed by atoms with van der Waals surface area (Å²) < 4.78 is 0. The molecule has 1 aliphatic carbocycles. The predicted molar refractivity (Wildman–Crippen MR) is 63.3 cm³/mol. The van der Waals surface area contributed by atoms with Gasteiger partial charge in [0.25, 0.3) is 0 Å². The van der Waals surface area contributed by atoms with Crippen molar-refractivity contribution in [2.75, 3.05) is 0 Å². The molecular weight excluding hydrogens is 198 g/mol. The lowest BCUT2D eigenvalue weighted by Gasteiger charge is -2.11. The molecule has 1 aromatic heterocycles. The molecular formula is C14H15NO. The van der Waals surface area contributed by atoms with Crippen molar-refractivity contribution in [2.24, 2.45) is 0 Å². The molecule has 0 saturated heterocycles. The first-order valence-corrected chi connectivity index (χ1v) is 5.77. The smallest absolute Gasteiger partial charge is 0.106 e. The topological polar surface area (TPSA) is 36.0 Å². The van der Waals surface area contributed by atoms with Crippen molar-refractivity contribution < 1.29 is 5.11 Å². The number of nitrogens with one attached hydrogen (secondary N) is 1. The summed E-state index contributed by atoms with van der Waals surface area (Å²) in [6, 6.07) is 8.27. The predicted octanol–water partition coefficient (Wildman–Crippen LogP) is 2.59. The fraction of sp³-hybridized carbons (Fsp3) is 0.286. The highest BCUT2D eigenvalue weighted by Gasteiger charge is 2.15. The summed E-state index contributed by atoms with van der Waals surface area (Å²) in [7, 11) is 0. The minimum absolute atomic E-state index is 0.503. The summed E-state index contributed by atoms with van der Waals surface area (Å²) in [6.07, 6.45) is 6.78. The molecule has 1 unspecified atom stereocenters. The Balaban J connectivity index is 1.95. The van der Waals surface area contributed by atoms with Crippen molar-refractivity contribution in [3.8, 4) is 0 Å². The maximum Gasteiger partial charge on any atom is 0.106 e. The third kappa shape index (κ3) is 1.55. The first-order valence-electron chi connectivity index (χ1n) is 5.77. The van der Waals surface area contributed by atoms with Gasteiger partial charge in [0.05, 0.1) is 0 Å². The summed E-state index contributed by atoms with van der Waals surface area (Å²) in [6.45, 7) is 0. The van der Waals surface area contributed by atoms with E-state index >= 15 is 0 Å². The van der Waals surface area contributed by atoms with E-state index in [1.807, 2.05) is 24.5 Å². The SMILES string of the molecule is OC(c1cc[nH]c1)c1ccc2c(c1)CCC2. The number of H-pyrrole nitrogens is 1. The van der Waals surface area contributed by atoms with Crippen LogP contribution >= 0.6 is 0 Å². The van der Waals surface area contributed by atoms with Crippen LogP contribution in [0.5, 0.6) is 0 Å². The molecule has 1 aromatic carbocycles. The summed E-state index contributed by atoms with van der Waals surface area (Å²) in [4.78, 5) is 2.97. The standard InChI is InChI=1S/C14H15NO/c16-14(13-6-7-15-9-13)12-5-4-10-2-1-3-11(10)8-12/h4-9,14-16H,1-3H2. The van der Waals surface area contributed by atoms with Gasteiger partial charge in [-0.15, -0.1) is 0 Å². The quantitative estimate of drug-likeness (QED) is 0.790. The maximum absolute atomic E-state index is 10.2. The van der Waals surface area contributed by atoms with E-state index in [4.69, 9.17) is 0 Å². The van der Waals surface area contributed by atoms with Crippen molar-refractivity contribution in [1.82, 2.24) is 4.98 Å². The second-order valence-electron chi connectivity index (χ2n) is 4.43. The molecule has 2 nitrogen and oxygen atoms in total. The van der Waals surface area contributed by atoms with Crippen LogP contribution in [0.2, 0.25) is 0 Å². The minimum atomic E-state index is -0.503. The average molecular weight is 213 g/mol. The van der Waals surface area contributed by atoms with Gasteiger partial charge in [-0.2, -0.15) is 0 Å². The Labute approximate surface area is 94.9 Å². The van der Waals surface area contributed by atoms with Crippen molar-refractivity contribution in [3.05, 3.63) is 58.9 Å². The summed E-state index contributed by atoms with van der Waals surface area (Å²) >= 11 is 0. The number of aromatic amines is 1. The Morgan fingerprint density at radius 1 is 1.06 bits per heavy atom. The van der Waals surface area contributed by atoms with Crippen LogP contribution in [0.15, 0.2) is 36.7 Å². The molecule has 2 heteroatoms. The molecule has 82 valence electrons. The Bertz CT molecular complexity index is 487. The van der Waals surface area contributed by atoms with E-state index in [0.717, 1.165) is 17.5 Å². The third-order valence-electron chi connectivity index (χ3n) is 3.38. The van der Waals surface area contributed by atoms with Gasteiger partial charge in [0.15, 0.2) is 0 Å². The van der Waals surface area contributed by atoms with Crippen LogP contribution < -0.4 is 0 Å². The van der Waals surface area contributed by atoms with E-state index in [0.29, 0.717) is 0 Å². The molecule has 16 heavy (non-hydrogen) atoms. The van der Waals surface area contributed by atoms with Gasteiger partial charge in [-0.25, -0.2) is 0 Å². The molecule has 3 rings (SSSR count). The van der Waals surface area contributed by atoms with E-state index in [-0.39, 0.29) is 0 Å². The van der Waals surface area contributed by atoms with Crippen LogP contribution in [-0.4, -0.2) is 10.1 Å². The Hall–Kier alpha value is -1.54. The molecule has 0 spiro atoms. The molecule has 2 N–H and O–H groups in total. The molecule has 0 bridgehead atoms. The van der Waals surface area contributed by atoms with Crippen LogP contribution in [0.1, 0.15) is 34.8 Å². The molecule has 0 fully saturated rings. The number of hydrogen-bond donors (Lipinski definition) is 2. The molecule has 1 heterocycles. The second kappa shape index (κ2) is 3.80. The Morgan fingerprint density at radius 2 is 1.94 bits per heavy atom. The Kier molecular flexibility index (Phi) is 2.29. The zero-order valence-electron chi connectivity index (χ0n) is 9.11. The zero-order chi connectivity index (χ0) is 11.0. The highest BCUT2D eigenvalue weighted by atomic mass is 16.3. The van der Waals surface area contributed by atoms with E-state index < -0.39 is 6.10 Å². The van der Waals surface area contributed by atoms with E-state index in [1.54, 1.807) is 0 Å². The number of aliphatic hydroxyl groups is 1. The van der Waals surface area contributed by atoms with Gasteiger partial charge in [0, 0.05) is 18.0 Å². The average Bonchev–Trinajstić information content (AvgIpc) is 2.98. The zero-order valence-corrected chi connectivity index (χ0v) is 9.11. The highest BCUT2D eigenvalue weighted by Crippen LogP contribution is 2.28. The number of aliphatic hydroxyl groups excluding tert-OH is 1. The van der Waals surface area contributed by atoms with Gasteiger partial charge < -0.3 is 10.1 Å². The second-order valence-corrected chi connectivity index (χ2v) is 4.43. The first kappa shape index (κ1) is 9.67. The molecule has 0 aliphatic heterocycles. The van der Waals surface area contributed by atoms with Crippen LogP contribution in [0.25, 0.3) is 0 Å². The molecule has 0 amide bonds. The van der Waals surface area contributed by atoms with Crippen LogP contribution in [-0.2, 0) is 12.8 Å². The fourth-order valence-corrected chi connectivity index (χ4v) is 2.46. The van der Waals surface area contributed by atoms with Crippen LogP contribution in [0, 0.1) is 0 Å². The van der Waals surface area contributed by atoms with Gasteiger partial charge in [-0.1, -0.05) is 18.2 Å². The molecule has 2 aromatic rings. The van der Waals surface area contributed by atoms with Crippen molar-refractivity contribution in [3.63, 3.8) is 0 Å². The number of benzene rings is 1. The minimum Gasteiger partial charge on any atom is -0.384 e. The van der Waals surface area contributed by atoms with Crippen LogP contribution in [0.4, 0.5) is 0 Å². The molecule has 0 radical (unpaired) electrons. The van der Waals surface area contributed by atoms with Gasteiger partial charge in [-0.05, 0) is 42.0 Å². The monoisotopic (exact) mass is 213 g/mol. The first-order chi connectivity index (χ1) is 7.84. The van der Waals surface area contributed by atoms with Crippen molar-refractivity contribution >= 4 is 0 Å². The normalized spacial score (nSPS) is 16.1. The number of aryl methyl sites for hydroxylation is 2. The highest BCUT2D eigenvalue weighted by molar-refractivity contribution is 5.38. The summed E-state index contributed by atoms with van der Waals surface area (Å²) in [5.41, 5.74) is 4.79. The lowest BCUT2D eigenvalue weighted by molar-refractivity contribution is 0.220. The third-order valence-corrected chi connectivity index (χ3v) is 3.38. The number of fused-ring (bicyclic) bond motifs is 1. The van der Waals surface area contributed by atoms with Gasteiger partial charge in [0.1, 0.15) is 6.10 Å². The van der Waals surface area contributed by atoms with Gasteiger partial charge in [0.2, 0.25) is 0 Å². The summed E-state index contributed by atoms with van der Waals surface area (Å²) in [5.74, 6) is 0. The lowest BCUT2D eigenvalue weighted by atomic mass is 10.00. The molecule has 1 aliphatic rings. The van der Waals surface area contributed by atoms with Crippen molar-refractivity contribution in [2.45, 2.75) is 25.4 Å². The van der Waals surface area contributed by atoms with Gasteiger partial charge in [-0.3, -0.25) is 0 Å². The van der Waals surface area contributed by atoms with E-state index in [1.165, 1.54) is 24.0 Å². The fourth-order valence-electron chi connectivity index (χ4n) is 2.46. The van der Waals surface area contributed by atoms with Gasteiger partial charge >= 0.3 is 0 Å². The number of aromatic nitrogens is 1. The maximum atomic E-state index is 10.2. The van der Waals surface area contributed by atoms with Crippen LogP contribution in [0.3, 0.4) is 0 Å². The lowest BCUT2D eigenvalue weighted by Crippen LogP contribution is -1.99. The largest absolute Gasteiger partial charge is 0.384 e. The summed E-state index contributed by atoms with van der Waals surface area (Å²) in [5, 5.41) is 10.2. The van der Waals surface area contributed by atoms with Crippen molar-refractivity contribution in [1.29, 1.82) is 0 Å². The molecule has 1 atom stereocenters. The number of hydrogen-bond acceptors (Lipinski definition) is 1.